The highest BCUT2D eigenvalue weighted by molar-refractivity contribution is 7.92. The third-order valence-corrected chi connectivity index (χ3v) is 8.28. The Morgan fingerprint density at radius 2 is 1.73 bits per heavy atom. The Hall–Kier alpha value is -4.96. The molecule has 0 fully saturated rings. The largest absolute Gasteiger partial charge is 0.455 e. The number of pyridine rings is 1. The van der Waals surface area contributed by atoms with Crippen molar-refractivity contribution in [3.8, 4) is 33.8 Å². The van der Waals surface area contributed by atoms with Gasteiger partial charge in [0.2, 0.25) is 10.0 Å². The number of sulfonamides is 1. The van der Waals surface area contributed by atoms with E-state index in [1.54, 1.807) is 18.3 Å². The second kappa shape index (κ2) is 9.90. The SMILES string of the molecule is CNC(=O)c1c(-c2ccc(F)cc2)oc2cc(N(C)S(C)(=O)=O)c(-c3ccc(-c4cc5ccccc5[nH]4)nc3)cc12. The number of nitrogens with one attached hydrogen (secondary N) is 2. The highest BCUT2D eigenvalue weighted by atomic mass is 32.2. The van der Waals surface area contributed by atoms with E-state index < -0.39 is 21.7 Å². The number of furan rings is 1. The molecule has 10 heteroatoms. The van der Waals surface area contributed by atoms with E-state index >= 15 is 0 Å². The topological polar surface area (TPSA) is 108 Å². The number of benzene rings is 3. The second-order valence-electron chi connectivity index (χ2n) is 9.69. The van der Waals surface area contributed by atoms with Crippen LogP contribution in [0.4, 0.5) is 10.1 Å². The van der Waals surface area contributed by atoms with Crippen molar-refractivity contribution >= 4 is 43.5 Å². The summed E-state index contributed by atoms with van der Waals surface area (Å²) in [6.45, 7) is 0. The van der Waals surface area contributed by atoms with Crippen molar-refractivity contribution in [2.45, 2.75) is 0 Å². The average Bonchev–Trinajstić information content (AvgIpc) is 3.57. The van der Waals surface area contributed by atoms with Gasteiger partial charge in [-0.3, -0.25) is 14.1 Å². The number of nitrogens with zero attached hydrogens (tertiary/aromatic N) is 2. The number of anilines is 1. The lowest BCUT2D eigenvalue weighted by Gasteiger charge is -2.20. The second-order valence-corrected chi connectivity index (χ2v) is 11.7. The molecule has 0 saturated heterocycles. The molecule has 0 radical (unpaired) electrons. The molecule has 0 atom stereocenters. The summed E-state index contributed by atoms with van der Waals surface area (Å²) in [5, 5.41) is 4.18. The van der Waals surface area contributed by atoms with Crippen molar-refractivity contribution < 1.29 is 22.0 Å². The van der Waals surface area contributed by atoms with Crippen LogP contribution in [0.5, 0.6) is 0 Å². The molecule has 41 heavy (non-hydrogen) atoms. The molecule has 1 amide bonds. The van der Waals surface area contributed by atoms with E-state index in [2.05, 4.69) is 15.3 Å². The Morgan fingerprint density at radius 3 is 2.39 bits per heavy atom. The zero-order chi connectivity index (χ0) is 28.9. The summed E-state index contributed by atoms with van der Waals surface area (Å²) in [5.74, 6) is -0.573. The molecular weight excluding hydrogens is 543 g/mol. The smallest absolute Gasteiger partial charge is 0.255 e. The molecule has 0 saturated carbocycles. The summed E-state index contributed by atoms with van der Waals surface area (Å²) in [7, 11) is -0.694. The maximum atomic E-state index is 13.6. The van der Waals surface area contributed by atoms with Crippen molar-refractivity contribution in [2.24, 2.45) is 0 Å². The first kappa shape index (κ1) is 26.3. The van der Waals surface area contributed by atoms with E-state index in [0.717, 1.165) is 32.9 Å². The third kappa shape index (κ3) is 4.72. The Balaban J connectivity index is 1.55. The van der Waals surface area contributed by atoms with Gasteiger partial charge in [-0.25, -0.2) is 12.8 Å². The monoisotopic (exact) mass is 568 g/mol. The number of para-hydroxylation sites is 1. The first-order valence-electron chi connectivity index (χ1n) is 12.7. The zero-order valence-corrected chi connectivity index (χ0v) is 23.2. The summed E-state index contributed by atoms with van der Waals surface area (Å²) in [6.07, 6.45) is 2.78. The van der Waals surface area contributed by atoms with E-state index in [0.29, 0.717) is 33.3 Å². The van der Waals surface area contributed by atoms with E-state index in [9.17, 15) is 17.6 Å². The highest BCUT2D eigenvalue weighted by Gasteiger charge is 2.26. The molecule has 8 nitrogen and oxygen atoms in total. The van der Waals surface area contributed by atoms with Gasteiger partial charge in [0.15, 0.2) is 0 Å². The quantitative estimate of drug-likeness (QED) is 0.249. The molecule has 0 spiro atoms. The van der Waals surface area contributed by atoms with Crippen LogP contribution >= 0.6 is 0 Å². The number of aromatic amines is 1. The summed E-state index contributed by atoms with van der Waals surface area (Å²) in [4.78, 5) is 21.1. The number of H-pyrrole nitrogens is 1. The van der Waals surface area contributed by atoms with Gasteiger partial charge in [-0.05, 0) is 48.5 Å². The summed E-state index contributed by atoms with van der Waals surface area (Å²) in [5.41, 5.74) is 5.16. The van der Waals surface area contributed by atoms with Crippen molar-refractivity contribution in [1.82, 2.24) is 15.3 Å². The van der Waals surface area contributed by atoms with Crippen LogP contribution < -0.4 is 9.62 Å². The van der Waals surface area contributed by atoms with Gasteiger partial charge in [0.25, 0.3) is 5.91 Å². The van der Waals surface area contributed by atoms with Crippen molar-refractivity contribution in [2.75, 3.05) is 24.7 Å². The molecule has 6 rings (SSSR count). The highest BCUT2D eigenvalue weighted by Crippen LogP contribution is 2.41. The van der Waals surface area contributed by atoms with Crippen LogP contribution in [-0.2, 0) is 10.0 Å². The fourth-order valence-corrected chi connectivity index (χ4v) is 5.39. The number of amides is 1. The van der Waals surface area contributed by atoms with Crippen LogP contribution in [0.2, 0.25) is 0 Å². The Kier molecular flexibility index (Phi) is 6.34. The van der Waals surface area contributed by atoms with Crippen molar-refractivity contribution in [1.29, 1.82) is 0 Å². The summed E-state index contributed by atoms with van der Waals surface area (Å²) in [6, 6.07) is 22.6. The standard InChI is InChI=1S/C31H25FN4O4S/c1-33-31(37)29-23-15-22(20-10-13-25(34-17-20)26-14-19-6-4-5-7-24(19)35-26)27(36(2)41(3,38)39)16-28(23)40-30(29)18-8-11-21(32)12-9-18/h4-17,35H,1-3H3,(H,33,37). The Labute approximate surface area is 235 Å². The predicted molar refractivity (Wildman–Crippen MR) is 159 cm³/mol. The van der Waals surface area contributed by atoms with Crippen LogP contribution in [-0.4, -0.2) is 44.6 Å². The Morgan fingerprint density at radius 1 is 1.00 bits per heavy atom. The lowest BCUT2D eigenvalue weighted by molar-refractivity contribution is 0.0964. The number of hydrogen-bond acceptors (Lipinski definition) is 5. The first-order chi connectivity index (χ1) is 19.6. The number of carbonyl (C=O) groups is 1. The number of carbonyl (C=O) groups excluding carboxylic acids is 1. The van der Waals surface area contributed by atoms with Crippen LogP contribution in [0.15, 0.2) is 89.5 Å². The molecule has 3 aromatic heterocycles. The number of hydrogen-bond donors (Lipinski definition) is 2. The molecular formula is C31H25FN4O4S. The average molecular weight is 569 g/mol. The first-order valence-corrected chi connectivity index (χ1v) is 14.6. The van der Waals surface area contributed by atoms with Gasteiger partial charge in [-0.2, -0.15) is 0 Å². The minimum absolute atomic E-state index is 0.247. The zero-order valence-electron chi connectivity index (χ0n) is 22.4. The Bertz CT molecular complexity index is 2010. The molecule has 0 bridgehead atoms. The fraction of sp³-hybridized carbons (Fsp3) is 0.0968. The van der Waals surface area contributed by atoms with E-state index in [1.165, 1.54) is 38.4 Å². The van der Waals surface area contributed by atoms with E-state index in [4.69, 9.17) is 4.42 Å². The molecule has 2 N–H and O–H groups in total. The van der Waals surface area contributed by atoms with Crippen LogP contribution in [0, 0.1) is 5.82 Å². The summed E-state index contributed by atoms with van der Waals surface area (Å²) < 4.78 is 46.2. The van der Waals surface area contributed by atoms with Crippen LogP contribution in [0.1, 0.15) is 10.4 Å². The number of aromatic nitrogens is 2. The van der Waals surface area contributed by atoms with Gasteiger partial charge >= 0.3 is 0 Å². The van der Waals surface area contributed by atoms with Gasteiger partial charge in [-0.15, -0.1) is 0 Å². The van der Waals surface area contributed by atoms with Gasteiger partial charge in [0.1, 0.15) is 17.2 Å². The lowest BCUT2D eigenvalue weighted by Crippen LogP contribution is -2.25. The van der Waals surface area contributed by atoms with E-state index in [1.807, 2.05) is 42.5 Å². The molecule has 206 valence electrons. The van der Waals surface area contributed by atoms with Crippen LogP contribution in [0.3, 0.4) is 0 Å². The predicted octanol–water partition coefficient (Wildman–Crippen LogP) is 6.20. The molecule has 6 aromatic rings. The molecule has 0 aliphatic rings. The third-order valence-electron chi connectivity index (χ3n) is 7.08. The normalized spacial score (nSPS) is 11.7. The fourth-order valence-electron chi connectivity index (χ4n) is 4.88. The molecule has 0 aliphatic carbocycles. The van der Waals surface area contributed by atoms with E-state index in [-0.39, 0.29) is 11.3 Å². The van der Waals surface area contributed by atoms with Crippen LogP contribution in [0.25, 0.3) is 55.7 Å². The number of fused-ring (bicyclic) bond motifs is 2. The number of rotatable bonds is 6. The molecule has 3 heterocycles. The minimum atomic E-state index is -3.66. The number of halogens is 1. The van der Waals surface area contributed by atoms with Gasteiger partial charge in [-0.1, -0.05) is 24.3 Å². The minimum Gasteiger partial charge on any atom is -0.455 e. The van der Waals surface area contributed by atoms with Crippen molar-refractivity contribution in [3.63, 3.8) is 0 Å². The molecule has 3 aromatic carbocycles. The molecule has 0 aliphatic heterocycles. The lowest BCUT2D eigenvalue weighted by atomic mass is 9.99. The van der Waals surface area contributed by atoms with Crippen molar-refractivity contribution in [3.05, 3.63) is 96.4 Å². The van der Waals surface area contributed by atoms with Gasteiger partial charge in [0.05, 0.1) is 28.9 Å². The molecule has 0 unspecified atom stereocenters. The maximum Gasteiger partial charge on any atom is 0.255 e. The van der Waals surface area contributed by atoms with Gasteiger partial charge < -0.3 is 14.7 Å². The maximum absolute atomic E-state index is 13.6. The van der Waals surface area contributed by atoms with Gasteiger partial charge in [0, 0.05) is 59.3 Å². The summed E-state index contributed by atoms with van der Waals surface area (Å²) >= 11 is 0.